The normalized spacial score (nSPS) is 10.4. The quantitative estimate of drug-likeness (QED) is 0.571. The van der Waals surface area contributed by atoms with Crippen LogP contribution in [-0.4, -0.2) is 30.0 Å². The zero-order chi connectivity index (χ0) is 16.7. The predicted molar refractivity (Wildman–Crippen MR) is 92.6 cm³/mol. The Morgan fingerprint density at radius 2 is 1.87 bits per heavy atom. The third kappa shape index (κ3) is 5.72. The number of rotatable bonds is 5. The summed E-state index contributed by atoms with van der Waals surface area (Å²) in [5.74, 6) is 0.587. The molecule has 2 rings (SSSR count). The van der Waals surface area contributed by atoms with Crippen LogP contribution >= 0.6 is 12.2 Å². The van der Waals surface area contributed by atoms with E-state index in [1.54, 1.807) is 12.1 Å². The fourth-order valence-corrected chi connectivity index (χ4v) is 2.02. The molecule has 1 heterocycles. The summed E-state index contributed by atoms with van der Waals surface area (Å²) in [6, 6.07) is 13.3. The Hall–Kier alpha value is -2.38. The van der Waals surface area contributed by atoms with Crippen LogP contribution in [0, 0.1) is 0 Å². The van der Waals surface area contributed by atoms with Crippen LogP contribution in [0.4, 0.5) is 0 Å². The highest BCUT2D eigenvalue weighted by Gasteiger charge is 2.11. The topological polar surface area (TPSA) is 69.5 Å². The number of hydrogen-bond donors (Lipinski definition) is 3. The van der Waals surface area contributed by atoms with Crippen molar-refractivity contribution in [2.45, 2.75) is 13.1 Å². The van der Waals surface area contributed by atoms with E-state index in [4.69, 9.17) is 16.6 Å². The van der Waals surface area contributed by atoms with E-state index in [9.17, 15) is 4.79 Å². The molecule has 0 radical (unpaired) electrons. The summed E-state index contributed by atoms with van der Waals surface area (Å²) < 4.78 is 5.46. The van der Waals surface area contributed by atoms with Gasteiger partial charge in [-0.3, -0.25) is 15.6 Å². The highest BCUT2D eigenvalue weighted by atomic mass is 32.1. The summed E-state index contributed by atoms with van der Waals surface area (Å²) in [6.07, 6.45) is 0. The fourth-order valence-electron chi connectivity index (χ4n) is 1.89. The minimum Gasteiger partial charge on any atom is -0.454 e. The molecule has 0 unspecified atom stereocenters. The molecule has 1 aromatic carbocycles. The number of nitrogens with one attached hydrogen (secondary N) is 3. The summed E-state index contributed by atoms with van der Waals surface area (Å²) in [7, 11) is 3.86. The zero-order valence-corrected chi connectivity index (χ0v) is 13.9. The molecule has 0 aliphatic carbocycles. The van der Waals surface area contributed by atoms with Crippen LogP contribution < -0.4 is 16.2 Å². The second-order valence-electron chi connectivity index (χ2n) is 5.25. The van der Waals surface area contributed by atoms with E-state index in [1.807, 2.05) is 49.3 Å². The molecule has 0 fully saturated rings. The minimum atomic E-state index is -0.376. The lowest BCUT2D eigenvalue weighted by Crippen LogP contribution is -2.46. The first kappa shape index (κ1) is 17.0. The second kappa shape index (κ2) is 8.30. The SMILES string of the molecule is CN(C)Cc1ccc(C(=O)NNC(=S)NCc2ccccc2)o1. The van der Waals surface area contributed by atoms with Crippen LogP contribution in [0.3, 0.4) is 0 Å². The van der Waals surface area contributed by atoms with Gasteiger partial charge < -0.3 is 14.6 Å². The van der Waals surface area contributed by atoms with Crippen molar-refractivity contribution in [3.05, 3.63) is 59.5 Å². The van der Waals surface area contributed by atoms with Crippen LogP contribution in [0.15, 0.2) is 46.9 Å². The molecule has 1 aromatic heterocycles. The van der Waals surface area contributed by atoms with Gasteiger partial charge in [0, 0.05) is 6.54 Å². The second-order valence-corrected chi connectivity index (χ2v) is 5.66. The minimum absolute atomic E-state index is 0.236. The molecule has 122 valence electrons. The summed E-state index contributed by atoms with van der Waals surface area (Å²) >= 11 is 5.11. The average molecular weight is 332 g/mol. The molecule has 23 heavy (non-hydrogen) atoms. The van der Waals surface area contributed by atoms with Gasteiger partial charge in [0.1, 0.15) is 5.76 Å². The molecule has 7 heteroatoms. The molecular formula is C16H20N4O2S. The lowest BCUT2D eigenvalue weighted by Gasteiger charge is -2.11. The third-order valence-corrected chi connectivity index (χ3v) is 3.19. The number of hydrogen-bond acceptors (Lipinski definition) is 4. The van der Waals surface area contributed by atoms with E-state index in [0.29, 0.717) is 18.2 Å². The standard InChI is InChI=1S/C16H20N4O2S/c1-20(2)11-13-8-9-14(22-13)15(21)18-19-16(23)17-10-12-6-4-3-5-7-12/h3-9H,10-11H2,1-2H3,(H,18,21)(H2,17,19,23). The Bertz CT molecular complexity index is 655. The van der Waals surface area contributed by atoms with Gasteiger partial charge in [0.05, 0.1) is 6.54 Å². The van der Waals surface area contributed by atoms with Gasteiger partial charge in [-0.05, 0) is 44.0 Å². The highest BCUT2D eigenvalue weighted by molar-refractivity contribution is 7.80. The molecular weight excluding hydrogens is 312 g/mol. The van der Waals surface area contributed by atoms with Crippen molar-refractivity contribution in [3.8, 4) is 0 Å². The maximum atomic E-state index is 12.0. The van der Waals surface area contributed by atoms with Crippen LogP contribution in [0.25, 0.3) is 0 Å². The zero-order valence-electron chi connectivity index (χ0n) is 13.1. The first-order chi connectivity index (χ1) is 11.0. The number of thiocarbonyl (C=S) groups is 1. The Morgan fingerprint density at radius 3 is 2.57 bits per heavy atom. The number of furan rings is 1. The lowest BCUT2D eigenvalue weighted by molar-refractivity contribution is 0.0912. The lowest BCUT2D eigenvalue weighted by atomic mass is 10.2. The van der Waals surface area contributed by atoms with Gasteiger partial charge in [-0.2, -0.15) is 0 Å². The third-order valence-electron chi connectivity index (χ3n) is 2.94. The summed E-state index contributed by atoms with van der Waals surface area (Å²) in [6.45, 7) is 1.22. The van der Waals surface area contributed by atoms with E-state index in [1.165, 1.54) is 0 Å². The van der Waals surface area contributed by atoms with Crippen LogP contribution in [-0.2, 0) is 13.1 Å². The van der Waals surface area contributed by atoms with Gasteiger partial charge in [-0.15, -0.1) is 0 Å². The molecule has 0 saturated heterocycles. The van der Waals surface area contributed by atoms with Gasteiger partial charge in [0.2, 0.25) is 0 Å². The molecule has 1 amide bonds. The number of benzene rings is 1. The van der Waals surface area contributed by atoms with Crippen LogP contribution in [0.1, 0.15) is 21.9 Å². The molecule has 3 N–H and O–H groups in total. The van der Waals surface area contributed by atoms with E-state index in [2.05, 4.69) is 16.2 Å². The first-order valence-corrected chi connectivity index (χ1v) is 7.57. The van der Waals surface area contributed by atoms with E-state index >= 15 is 0 Å². The van der Waals surface area contributed by atoms with E-state index in [-0.39, 0.29) is 11.7 Å². The van der Waals surface area contributed by atoms with E-state index in [0.717, 1.165) is 11.3 Å². The van der Waals surface area contributed by atoms with Gasteiger partial charge in [-0.1, -0.05) is 30.3 Å². The Labute approximate surface area is 140 Å². The van der Waals surface area contributed by atoms with Gasteiger partial charge >= 0.3 is 5.91 Å². The molecule has 0 spiro atoms. The Morgan fingerprint density at radius 1 is 1.13 bits per heavy atom. The number of amides is 1. The number of carbonyl (C=O) groups excluding carboxylic acids is 1. The summed E-state index contributed by atoms with van der Waals surface area (Å²) in [4.78, 5) is 13.9. The number of hydrazine groups is 1. The summed E-state index contributed by atoms with van der Waals surface area (Å²) in [5, 5.41) is 3.34. The van der Waals surface area contributed by atoms with E-state index < -0.39 is 0 Å². The van der Waals surface area contributed by atoms with Gasteiger partial charge in [-0.25, -0.2) is 0 Å². The molecule has 0 saturated carbocycles. The van der Waals surface area contributed by atoms with Crippen molar-refractivity contribution < 1.29 is 9.21 Å². The van der Waals surface area contributed by atoms with Crippen molar-refractivity contribution in [1.82, 2.24) is 21.1 Å². The maximum absolute atomic E-state index is 12.0. The molecule has 0 atom stereocenters. The first-order valence-electron chi connectivity index (χ1n) is 7.16. The molecule has 0 bridgehead atoms. The van der Waals surface area contributed by atoms with Crippen molar-refractivity contribution in [2.24, 2.45) is 0 Å². The van der Waals surface area contributed by atoms with Crippen molar-refractivity contribution in [3.63, 3.8) is 0 Å². The van der Waals surface area contributed by atoms with Crippen LogP contribution in [0.2, 0.25) is 0 Å². The molecule has 6 nitrogen and oxygen atoms in total. The Kier molecular flexibility index (Phi) is 6.13. The Balaban J connectivity index is 1.75. The molecule has 2 aromatic rings. The van der Waals surface area contributed by atoms with Crippen LogP contribution in [0.5, 0.6) is 0 Å². The molecule has 0 aliphatic heterocycles. The fraction of sp³-hybridized carbons (Fsp3) is 0.250. The van der Waals surface area contributed by atoms with Gasteiger partial charge in [0.15, 0.2) is 10.9 Å². The maximum Gasteiger partial charge on any atom is 0.305 e. The average Bonchev–Trinajstić information content (AvgIpc) is 2.99. The van der Waals surface area contributed by atoms with Gasteiger partial charge in [0.25, 0.3) is 0 Å². The van der Waals surface area contributed by atoms with Crippen molar-refractivity contribution in [2.75, 3.05) is 14.1 Å². The smallest absolute Gasteiger partial charge is 0.305 e. The summed E-state index contributed by atoms with van der Waals surface area (Å²) in [5.41, 5.74) is 6.25. The predicted octanol–water partition coefficient (Wildman–Crippen LogP) is 1.65. The number of nitrogens with zero attached hydrogens (tertiary/aromatic N) is 1. The van der Waals surface area contributed by atoms with Crippen molar-refractivity contribution >= 4 is 23.2 Å². The van der Waals surface area contributed by atoms with Crippen molar-refractivity contribution in [1.29, 1.82) is 0 Å². The highest BCUT2D eigenvalue weighted by Crippen LogP contribution is 2.08. The molecule has 0 aliphatic rings. The largest absolute Gasteiger partial charge is 0.454 e. The monoisotopic (exact) mass is 332 g/mol. The number of carbonyl (C=O) groups is 1.